The second kappa shape index (κ2) is 8.69. The second-order valence-corrected chi connectivity index (χ2v) is 8.79. The summed E-state index contributed by atoms with van der Waals surface area (Å²) in [6, 6.07) is 8.48. The number of fused-ring (bicyclic) bond motifs is 1. The van der Waals surface area contributed by atoms with Gasteiger partial charge >= 0.3 is 12.1 Å². The number of anilines is 2. The van der Waals surface area contributed by atoms with Crippen LogP contribution in [-0.2, 0) is 32.6 Å². The zero-order chi connectivity index (χ0) is 23.7. The van der Waals surface area contributed by atoms with E-state index < -0.39 is 22.1 Å². The Labute approximate surface area is 182 Å². The normalized spacial score (nSPS) is 13.8. The predicted octanol–water partition coefficient (Wildman–Crippen LogP) is 2.90. The number of carbonyl (C=O) groups excluding carboxylic acids is 2. The van der Waals surface area contributed by atoms with Crippen LogP contribution in [0.3, 0.4) is 0 Å². The van der Waals surface area contributed by atoms with Crippen LogP contribution in [0, 0.1) is 0 Å². The SMILES string of the molecule is COc1ccc(NC(C)=O)cc1NS(=O)(=O)c1ccc2c(c1)CN(C(=O)C(F)(F)F)CC2. The molecule has 172 valence electrons. The number of alkyl halides is 3. The molecule has 8 nitrogen and oxygen atoms in total. The van der Waals surface area contributed by atoms with Gasteiger partial charge < -0.3 is 15.0 Å². The van der Waals surface area contributed by atoms with Gasteiger partial charge in [-0.05, 0) is 47.9 Å². The molecule has 0 bridgehead atoms. The number of rotatable bonds is 5. The van der Waals surface area contributed by atoms with Gasteiger partial charge in [-0.1, -0.05) is 6.07 Å². The molecule has 1 aliphatic heterocycles. The third-order valence-corrected chi connectivity index (χ3v) is 6.16. The number of benzene rings is 2. The van der Waals surface area contributed by atoms with Crippen molar-refractivity contribution in [2.75, 3.05) is 23.7 Å². The summed E-state index contributed by atoms with van der Waals surface area (Å²) in [5.41, 5.74) is 1.38. The third-order valence-electron chi connectivity index (χ3n) is 4.79. The lowest BCUT2D eigenvalue weighted by atomic mass is 10.00. The van der Waals surface area contributed by atoms with Gasteiger partial charge in [0.1, 0.15) is 5.75 Å². The van der Waals surface area contributed by atoms with Gasteiger partial charge in [-0.3, -0.25) is 14.3 Å². The van der Waals surface area contributed by atoms with Gasteiger partial charge in [0.05, 0.1) is 17.7 Å². The van der Waals surface area contributed by atoms with Gasteiger partial charge in [0.25, 0.3) is 10.0 Å². The summed E-state index contributed by atoms with van der Waals surface area (Å²) < 4.78 is 71.7. The van der Waals surface area contributed by atoms with Crippen molar-refractivity contribution < 1.29 is 35.9 Å². The highest BCUT2D eigenvalue weighted by atomic mass is 32.2. The van der Waals surface area contributed by atoms with Crippen LogP contribution >= 0.6 is 0 Å². The van der Waals surface area contributed by atoms with E-state index in [2.05, 4.69) is 10.0 Å². The molecule has 32 heavy (non-hydrogen) atoms. The molecule has 2 aromatic carbocycles. The number of nitrogens with zero attached hydrogens (tertiary/aromatic N) is 1. The molecule has 0 aromatic heterocycles. The number of amides is 2. The molecule has 12 heteroatoms. The average molecular weight is 471 g/mol. The zero-order valence-electron chi connectivity index (χ0n) is 17.1. The fraction of sp³-hybridized carbons (Fsp3) is 0.300. The molecule has 0 fully saturated rings. The van der Waals surface area contributed by atoms with Gasteiger partial charge in [0.15, 0.2) is 0 Å². The first kappa shape index (κ1) is 23.4. The third kappa shape index (κ3) is 5.13. The number of hydrogen-bond acceptors (Lipinski definition) is 5. The van der Waals surface area contributed by atoms with Gasteiger partial charge in [-0.15, -0.1) is 0 Å². The molecule has 0 atom stereocenters. The van der Waals surface area contributed by atoms with Crippen LogP contribution in [-0.4, -0.2) is 45.0 Å². The lowest BCUT2D eigenvalue weighted by Crippen LogP contribution is -2.43. The first-order valence-electron chi connectivity index (χ1n) is 9.37. The van der Waals surface area contributed by atoms with E-state index in [1.165, 1.54) is 50.4 Å². The standard InChI is InChI=1S/C20H20F3N3O5S/c1-12(27)24-15-4-6-18(31-2)17(10-15)25-32(29,30)16-5-3-13-7-8-26(11-14(13)9-16)19(28)20(21,22)23/h3-6,9-10,25H,7-8,11H2,1-2H3,(H,24,27). The largest absolute Gasteiger partial charge is 0.495 e. The zero-order valence-corrected chi connectivity index (χ0v) is 17.9. The minimum atomic E-state index is -5.00. The minimum Gasteiger partial charge on any atom is -0.495 e. The van der Waals surface area contributed by atoms with Crippen molar-refractivity contribution in [2.45, 2.75) is 31.0 Å². The highest BCUT2D eigenvalue weighted by molar-refractivity contribution is 7.92. The number of nitrogens with one attached hydrogen (secondary N) is 2. The summed E-state index contributed by atoms with van der Waals surface area (Å²) in [7, 11) is -2.82. The minimum absolute atomic E-state index is 0.0605. The summed E-state index contributed by atoms with van der Waals surface area (Å²) in [4.78, 5) is 23.3. The van der Waals surface area contributed by atoms with E-state index in [0.717, 1.165) is 0 Å². The Morgan fingerprint density at radius 2 is 1.81 bits per heavy atom. The Morgan fingerprint density at radius 1 is 1.09 bits per heavy atom. The topological polar surface area (TPSA) is 105 Å². The molecule has 2 amide bonds. The molecule has 1 heterocycles. The van der Waals surface area contributed by atoms with Crippen molar-refractivity contribution in [3.63, 3.8) is 0 Å². The fourth-order valence-electron chi connectivity index (χ4n) is 3.33. The summed E-state index contributed by atoms with van der Waals surface area (Å²) in [6.45, 7) is 0.842. The molecule has 0 saturated heterocycles. The van der Waals surface area contributed by atoms with Crippen LogP contribution in [0.2, 0.25) is 0 Å². The van der Waals surface area contributed by atoms with Crippen molar-refractivity contribution in [3.8, 4) is 5.75 Å². The average Bonchev–Trinajstić information content (AvgIpc) is 2.71. The molecule has 0 unspecified atom stereocenters. The quantitative estimate of drug-likeness (QED) is 0.698. The van der Waals surface area contributed by atoms with E-state index in [1.54, 1.807) is 0 Å². The highest BCUT2D eigenvalue weighted by Gasteiger charge is 2.43. The number of methoxy groups -OCH3 is 1. The molecule has 3 rings (SSSR count). The van der Waals surface area contributed by atoms with E-state index in [1.807, 2.05) is 0 Å². The first-order valence-corrected chi connectivity index (χ1v) is 10.9. The Kier molecular flexibility index (Phi) is 6.35. The van der Waals surface area contributed by atoms with Crippen LogP contribution in [0.4, 0.5) is 24.5 Å². The van der Waals surface area contributed by atoms with Crippen LogP contribution in [0.5, 0.6) is 5.75 Å². The van der Waals surface area contributed by atoms with Crippen LogP contribution in [0.15, 0.2) is 41.3 Å². The molecule has 0 spiro atoms. The predicted molar refractivity (Wildman–Crippen MR) is 110 cm³/mol. The van der Waals surface area contributed by atoms with Crippen molar-refractivity contribution in [1.82, 2.24) is 4.90 Å². The Morgan fingerprint density at radius 3 is 2.44 bits per heavy atom. The molecule has 2 N–H and O–H groups in total. The molecule has 0 radical (unpaired) electrons. The number of sulfonamides is 1. The van der Waals surface area contributed by atoms with E-state index in [9.17, 15) is 31.2 Å². The highest BCUT2D eigenvalue weighted by Crippen LogP contribution is 2.31. The maximum atomic E-state index is 12.9. The number of ether oxygens (including phenoxy) is 1. The lowest BCUT2D eigenvalue weighted by Gasteiger charge is -2.29. The van der Waals surface area contributed by atoms with E-state index >= 15 is 0 Å². The lowest BCUT2D eigenvalue weighted by molar-refractivity contribution is -0.186. The summed E-state index contributed by atoms with van der Waals surface area (Å²) in [5, 5.41) is 2.53. The van der Waals surface area contributed by atoms with Crippen molar-refractivity contribution in [3.05, 3.63) is 47.5 Å². The number of carbonyl (C=O) groups is 2. The molecule has 0 saturated carbocycles. The molecule has 1 aliphatic rings. The van der Waals surface area contributed by atoms with Crippen molar-refractivity contribution in [1.29, 1.82) is 0 Å². The number of halogens is 3. The molecular weight excluding hydrogens is 451 g/mol. The smallest absolute Gasteiger partial charge is 0.471 e. The Hall–Kier alpha value is -3.28. The molecular formula is C20H20F3N3O5S. The molecule has 2 aromatic rings. The maximum Gasteiger partial charge on any atom is 0.471 e. The monoisotopic (exact) mass is 471 g/mol. The molecule has 0 aliphatic carbocycles. The summed E-state index contributed by atoms with van der Waals surface area (Å²) >= 11 is 0. The van der Waals surface area contributed by atoms with Crippen LogP contribution < -0.4 is 14.8 Å². The van der Waals surface area contributed by atoms with Crippen molar-refractivity contribution >= 4 is 33.2 Å². The summed E-state index contributed by atoms with van der Waals surface area (Å²) in [6.07, 6.45) is -4.82. The Bertz CT molecular complexity index is 1170. The van der Waals surface area contributed by atoms with Crippen molar-refractivity contribution in [2.24, 2.45) is 0 Å². The van der Waals surface area contributed by atoms with Crippen LogP contribution in [0.25, 0.3) is 0 Å². The summed E-state index contributed by atoms with van der Waals surface area (Å²) in [5.74, 6) is -2.12. The number of hydrogen-bond donors (Lipinski definition) is 2. The Balaban J connectivity index is 1.89. The van der Waals surface area contributed by atoms with E-state index in [0.29, 0.717) is 21.7 Å². The van der Waals surface area contributed by atoms with Gasteiger partial charge in [0, 0.05) is 25.7 Å². The van der Waals surface area contributed by atoms with Crippen LogP contribution in [0.1, 0.15) is 18.1 Å². The second-order valence-electron chi connectivity index (χ2n) is 7.11. The maximum absolute atomic E-state index is 12.9. The van der Waals surface area contributed by atoms with E-state index in [-0.39, 0.29) is 41.7 Å². The fourth-order valence-corrected chi connectivity index (χ4v) is 4.44. The van der Waals surface area contributed by atoms with Gasteiger partial charge in [-0.25, -0.2) is 8.42 Å². The van der Waals surface area contributed by atoms with Gasteiger partial charge in [0.2, 0.25) is 5.91 Å². The van der Waals surface area contributed by atoms with Gasteiger partial charge in [-0.2, -0.15) is 13.2 Å². The van der Waals surface area contributed by atoms with E-state index in [4.69, 9.17) is 4.74 Å². The first-order chi connectivity index (χ1) is 14.9.